The number of nitrogens with zero attached hydrogens (tertiary/aromatic N) is 1. The first-order valence-corrected chi connectivity index (χ1v) is 7.23. The minimum atomic E-state index is -0.107. The van der Waals surface area contributed by atoms with E-state index >= 15 is 0 Å². The second kappa shape index (κ2) is 6.82. The third-order valence-corrected chi connectivity index (χ3v) is 3.82. The molecule has 0 bridgehead atoms. The molecule has 19 heavy (non-hydrogen) atoms. The number of hydrogen-bond acceptors (Lipinski definition) is 3. The first kappa shape index (κ1) is 14.2. The third-order valence-electron chi connectivity index (χ3n) is 3.30. The predicted molar refractivity (Wildman–Crippen MR) is 78.0 cm³/mol. The van der Waals surface area contributed by atoms with E-state index in [1.807, 2.05) is 29.2 Å². The van der Waals surface area contributed by atoms with Gasteiger partial charge >= 0.3 is 0 Å². The Morgan fingerprint density at radius 3 is 2.79 bits per heavy atom. The number of rotatable bonds is 4. The van der Waals surface area contributed by atoms with E-state index in [-0.39, 0.29) is 18.5 Å². The number of amides is 1. The summed E-state index contributed by atoms with van der Waals surface area (Å²) in [5, 5.41) is 2.84. The zero-order valence-corrected chi connectivity index (χ0v) is 12.2. The fourth-order valence-corrected chi connectivity index (χ4v) is 2.55. The lowest BCUT2D eigenvalue weighted by Gasteiger charge is -2.31. The lowest BCUT2D eigenvalue weighted by Crippen LogP contribution is -2.44. The van der Waals surface area contributed by atoms with Crippen LogP contribution >= 0.6 is 15.9 Å². The number of carbonyl (C=O) groups excluding carboxylic acids is 2. The van der Waals surface area contributed by atoms with Crippen molar-refractivity contribution >= 4 is 33.8 Å². The third kappa shape index (κ3) is 4.14. The van der Waals surface area contributed by atoms with Gasteiger partial charge in [-0.3, -0.25) is 9.69 Å². The SMILES string of the molecule is O=CC1CCCCN1CC(=O)Nc1ccc(Br)cc1. The summed E-state index contributed by atoms with van der Waals surface area (Å²) in [5.74, 6) is -0.0731. The van der Waals surface area contributed by atoms with Gasteiger partial charge in [-0.2, -0.15) is 0 Å². The summed E-state index contributed by atoms with van der Waals surface area (Å²) in [6.45, 7) is 1.09. The Morgan fingerprint density at radius 1 is 1.37 bits per heavy atom. The first-order valence-electron chi connectivity index (χ1n) is 6.44. The summed E-state index contributed by atoms with van der Waals surface area (Å²) >= 11 is 3.35. The van der Waals surface area contributed by atoms with Crippen molar-refractivity contribution in [3.8, 4) is 0 Å². The van der Waals surface area contributed by atoms with Crippen molar-refractivity contribution in [3.05, 3.63) is 28.7 Å². The lowest BCUT2D eigenvalue weighted by atomic mass is 10.0. The van der Waals surface area contributed by atoms with Crippen LogP contribution in [0.4, 0.5) is 5.69 Å². The Kier molecular flexibility index (Phi) is 5.10. The average Bonchev–Trinajstić information content (AvgIpc) is 2.42. The molecule has 1 aliphatic rings. The van der Waals surface area contributed by atoms with Crippen molar-refractivity contribution in [1.82, 2.24) is 4.90 Å². The number of anilines is 1. The van der Waals surface area contributed by atoms with Crippen LogP contribution in [-0.2, 0) is 9.59 Å². The molecule has 1 N–H and O–H groups in total. The number of likely N-dealkylation sites (tertiary alicyclic amines) is 1. The lowest BCUT2D eigenvalue weighted by molar-refractivity contribution is -0.120. The summed E-state index contributed by atoms with van der Waals surface area (Å²) in [6.07, 6.45) is 3.92. The summed E-state index contributed by atoms with van der Waals surface area (Å²) in [6, 6.07) is 7.34. The minimum absolute atomic E-state index is 0.0731. The Morgan fingerprint density at radius 2 is 2.11 bits per heavy atom. The van der Waals surface area contributed by atoms with Crippen LogP contribution < -0.4 is 5.32 Å². The highest BCUT2D eigenvalue weighted by molar-refractivity contribution is 9.10. The molecular formula is C14H17BrN2O2. The highest BCUT2D eigenvalue weighted by Crippen LogP contribution is 2.16. The molecule has 5 heteroatoms. The monoisotopic (exact) mass is 324 g/mol. The number of piperidine rings is 1. The number of aldehydes is 1. The van der Waals surface area contributed by atoms with E-state index in [2.05, 4.69) is 21.2 Å². The number of nitrogens with one attached hydrogen (secondary N) is 1. The molecule has 0 aromatic heterocycles. The van der Waals surface area contributed by atoms with Crippen molar-refractivity contribution < 1.29 is 9.59 Å². The van der Waals surface area contributed by atoms with Gasteiger partial charge in [-0.05, 0) is 43.7 Å². The number of benzene rings is 1. The molecule has 0 radical (unpaired) electrons. The first-order chi connectivity index (χ1) is 9.19. The summed E-state index contributed by atoms with van der Waals surface area (Å²) in [7, 11) is 0. The van der Waals surface area contributed by atoms with Gasteiger partial charge in [0.1, 0.15) is 6.29 Å². The van der Waals surface area contributed by atoms with Gasteiger partial charge in [0, 0.05) is 10.2 Å². The fraction of sp³-hybridized carbons (Fsp3) is 0.429. The smallest absolute Gasteiger partial charge is 0.238 e. The van der Waals surface area contributed by atoms with E-state index in [1.54, 1.807) is 0 Å². The van der Waals surface area contributed by atoms with E-state index in [4.69, 9.17) is 0 Å². The van der Waals surface area contributed by atoms with Crippen LogP contribution in [0, 0.1) is 0 Å². The molecular weight excluding hydrogens is 308 g/mol. The maximum absolute atomic E-state index is 11.9. The summed E-state index contributed by atoms with van der Waals surface area (Å²) < 4.78 is 0.975. The van der Waals surface area contributed by atoms with Crippen LogP contribution in [0.3, 0.4) is 0 Å². The molecule has 1 aromatic rings. The summed E-state index contributed by atoms with van der Waals surface area (Å²) in [4.78, 5) is 24.9. The highest BCUT2D eigenvalue weighted by atomic mass is 79.9. The van der Waals surface area contributed by atoms with Gasteiger partial charge < -0.3 is 10.1 Å². The normalized spacial score (nSPS) is 19.9. The molecule has 4 nitrogen and oxygen atoms in total. The van der Waals surface area contributed by atoms with E-state index in [1.165, 1.54) is 0 Å². The maximum Gasteiger partial charge on any atom is 0.238 e. The topological polar surface area (TPSA) is 49.4 Å². The van der Waals surface area contributed by atoms with Gasteiger partial charge in [-0.15, -0.1) is 0 Å². The average molecular weight is 325 g/mol. The zero-order chi connectivity index (χ0) is 13.7. The van der Waals surface area contributed by atoms with Crippen molar-refractivity contribution in [2.75, 3.05) is 18.4 Å². The second-order valence-corrected chi connectivity index (χ2v) is 5.64. The van der Waals surface area contributed by atoms with Crippen LogP contribution in [0.25, 0.3) is 0 Å². The molecule has 1 saturated heterocycles. The Balaban J connectivity index is 1.89. The van der Waals surface area contributed by atoms with Crippen molar-refractivity contribution in [1.29, 1.82) is 0 Å². The van der Waals surface area contributed by atoms with E-state index in [0.29, 0.717) is 0 Å². The molecule has 1 fully saturated rings. The maximum atomic E-state index is 11.9. The molecule has 2 rings (SSSR count). The Hall–Kier alpha value is -1.20. The molecule has 0 spiro atoms. The van der Waals surface area contributed by atoms with E-state index < -0.39 is 0 Å². The van der Waals surface area contributed by atoms with Gasteiger partial charge in [-0.1, -0.05) is 22.4 Å². The van der Waals surface area contributed by atoms with E-state index in [9.17, 15) is 9.59 Å². The Bertz CT molecular complexity index is 447. The number of halogens is 1. The molecule has 1 atom stereocenters. The van der Waals surface area contributed by atoms with Crippen molar-refractivity contribution in [3.63, 3.8) is 0 Å². The second-order valence-electron chi connectivity index (χ2n) is 4.72. The number of hydrogen-bond donors (Lipinski definition) is 1. The largest absolute Gasteiger partial charge is 0.325 e. The van der Waals surface area contributed by atoms with Crippen LogP contribution in [0.1, 0.15) is 19.3 Å². The molecule has 1 aromatic carbocycles. The minimum Gasteiger partial charge on any atom is -0.325 e. The van der Waals surface area contributed by atoms with Gasteiger partial charge in [0.2, 0.25) is 5.91 Å². The predicted octanol–water partition coefficient (Wildman–Crippen LogP) is 2.44. The highest BCUT2D eigenvalue weighted by Gasteiger charge is 2.23. The molecule has 1 aliphatic heterocycles. The molecule has 1 heterocycles. The standard InChI is InChI=1S/C14H17BrN2O2/c15-11-4-6-12(7-5-11)16-14(19)9-17-8-2-1-3-13(17)10-18/h4-7,10,13H,1-3,8-9H2,(H,16,19). The van der Waals surface area contributed by atoms with Crippen molar-refractivity contribution in [2.45, 2.75) is 25.3 Å². The van der Waals surface area contributed by atoms with Crippen LogP contribution in [-0.4, -0.2) is 36.2 Å². The van der Waals surface area contributed by atoms with Crippen LogP contribution in [0.5, 0.6) is 0 Å². The van der Waals surface area contributed by atoms with Crippen molar-refractivity contribution in [2.24, 2.45) is 0 Å². The zero-order valence-electron chi connectivity index (χ0n) is 10.6. The van der Waals surface area contributed by atoms with E-state index in [0.717, 1.165) is 42.3 Å². The molecule has 1 amide bonds. The molecule has 0 aliphatic carbocycles. The number of carbonyl (C=O) groups is 2. The molecule has 102 valence electrons. The fourth-order valence-electron chi connectivity index (χ4n) is 2.29. The molecule has 1 unspecified atom stereocenters. The molecule has 0 saturated carbocycles. The summed E-state index contributed by atoms with van der Waals surface area (Å²) in [5.41, 5.74) is 0.771. The Labute approximate surface area is 121 Å². The quantitative estimate of drug-likeness (QED) is 0.865. The van der Waals surface area contributed by atoms with Gasteiger partial charge in [0.05, 0.1) is 12.6 Å². The van der Waals surface area contributed by atoms with Gasteiger partial charge in [0.15, 0.2) is 0 Å². The van der Waals surface area contributed by atoms with Gasteiger partial charge in [-0.25, -0.2) is 0 Å². The van der Waals surface area contributed by atoms with Crippen LogP contribution in [0.15, 0.2) is 28.7 Å². The van der Waals surface area contributed by atoms with Crippen LogP contribution in [0.2, 0.25) is 0 Å². The van der Waals surface area contributed by atoms with Gasteiger partial charge in [0.25, 0.3) is 0 Å².